The molecule has 0 saturated carbocycles. The van der Waals surface area contributed by atoms with E-state index in [1.165, 1.54) is 12.1 Å². The number of carbonyl (C=O) groups is 1. The Hall–Kier alpha value is -3.09. The van der Waals surface area contributed by atoms with E-state index in [9.17, 15) is 22.4 Å². The first kappa shape index (κ1) is 20.6. The van der Waals surface area contributed by atoms with E-state index < -0.39 is 17.6 Å². The number of alkyl halides is 3. The molecule has 29 heavy (non-hydrogen) atoms. The minimum atomic E-state index is -4.85. The third-order valence-corrected chi connectivity index (χ3v) is 4.87. The third-order valence-electron chi connectivity index (χ3n) is 4.87. The average Bonchev–Trinajstić information content (AvgIpc) is 2.66. The van der Waals surface area contributed by atoms with E-state index in [2.05, 4.69) is 5.32 Å². The number of fused-ring (bicyclic) bond motifs is 1. The number of hydrogen-bond acceptors (Lipinski definition) is 2. The van der Waals surface area contributed by atoms with Crippen LogP contribution in [0.4, 0.5) is 28.9 Å². The molecule has 0 bridgehead atoms. The van der Waals surface area contributed by atoms with Gasteiger partial charge in [0.2, 0.25) is 0 Å². The monoisotopic (exact) mass is 404 g/mol. The Morgan fingerprint density at radius 1 is 1.03 bits per heavy atom. The van der Waals surface area contributed by atoms with Gasteiger partial charge in [0.15, 0.2) is 0 Å². The normalized spacial score (nSPS) is 11.6. The summed E-state index contributed by atoms with van der Waals surface area (Å²) in [5, 5.41) is 3.94. The molecule has 152 valence electrons. The third kappa shape index (κ3) is 3.90. The minimum Gasteiger partial charge on any atom is -0.354 e. The molecule has 1 N–H and O–H groups in total. The fourth-order valence-corrected chi connectivity index (χ4v) is 3.29. The van der Waals surface area contributed by atoms with Crippen LogP contribution in [0.25, 0.3) is 10.8 Å². The maximum absolute atomic E-state index is 13.9. The zero-order valence-electron chi connectivity index (χ0n) is 16.2. The first-order valence-corrected chi connectivity index (χ1v) is 9.05. The molecule has 3 aromatic rings. The van der Waals surface area contributed by atoms with Crippen LogP contribution in [0.1, 0.15) is 28.4 Å². The molecular weight excluding hydrogens is 384 g/mol. The van der Waals surface area contributed by atoms with Gasteiger partial charge in [0.25, 0.3) is 5.91 Å². The van der Waals surface area contributed by atoms with Gasteiger partial charge >= 0.3 is 6.18 Å². The minimum absolute atomic E-state index is 0.180. The van der Waals surface area contributed by atoms with Crippen LogP contribution < -0.4 is 5.32 Å². The largest absolute Gasteiger partial charge is 0.421 e. The molecule has 3 aromatic carbocycles. The van der Waals surface area contributed by atoms with Gasteiger partial charge in [-0.3, -0.25) is 4.79 Å². The molecule has 0 aliphatic carbocycles. The molecule has 0 spiro atoms. The second-order valence-electron chi connectivity index (χ2n) is 6.76. The Labute approximate surface area is 165 Å². The van der Waals surface area contributed by atoms with Crippen molar-refractivity contribution >= 4 is 28.1 Å². The van der Waals surface area contributed by atoms with Gasteiger partial charge in [-0.05, 0) is 49.1 Å². The zero-order valence-corrected chi connectivity index (χ0v) is 16.2. The number of carbonyl (C=O) groups excluding carboxylic acids is 1. The number of aryl methyl sites for hydroxylation is 1. The number of hydrogen-bond donors (Lipinski definition) is 1. The average molecular weight is 404 g/mol. The Morgan fingerprint density at radius 3 is 2.38 bits per heavy atom. The number of nitrogens with zero attached hydrogens (tertiary/aromatic N) is 1. The van der Waals surface area contributed by atoms with Crippen LogP contribution in [0.3, 0.4) is 0 Å². The number of anilines is 2. The van der Waals surface area contributed by atoms with E-state index in [0.717, 1.165) is 11.6 Å². The molecule has 1 amide bonds. The molecule has 0 fully saturated rings. The summed E-state index contributed by atoms with van der Waals surface area (Å²) in [5.41, 5.74) is -0.107. The van der Waals surface area contributed by atoms with Crippen molar-refractivity contribution in [3.63, 3.8) is 0 Å². The first-order valence-electron chi connectivity index (χ1n) is 9.05. The van der Waals surface area contributed by atoms with Crippen molar-refractivity contribution < 1.29 is 22.4 Å². The van der Waals surface area contributed by atoms with Gasteiger partial charge in [-0.25, -0.2) is 4.39 Å². The van der Waals surface area contributed by atoms with Crippen molar-refractivity contribution in [2.24, 2.45) is 0 Å². The van der Waals surface area contributed by atoms with Crippen LogP contribution in [0, 0.1) is 12.7 Å². The van der Waals surface area contributed by atoms with E-state index in [1.807, 2.05) is 19.9 Å². The predicted octanol–water partition coefficient (Wildman–Crippen LogP) is 6.14. The Balaban J connectivity index is 2.18. The number of nitrogens with one attached hydrogen (secondary N) is 1. The van der Waals surface area contributed by atoms with Crippen LogP contribution in [0.15, 0.2) is 48.5 Å². The van der Waals surface area contributed by atoms with Gasteiger partial charge in [0.1, 0.15) is 11.4 Å². The highest BCUT2D eigenvalue weighted by molar-refractivity contribution is 6.11. The second-order valence-corrected chi connectivity index (χ2v) is 6.76. The van der Waals surface area contributed by atoms with Gasteiger partial charge in [-0.1, -0.05) is 24.3 Å². The molecule has 0 aromatic heterocycles. The SMILES string of the molecule is CCN(C)C(=O)c1ccc(Nc2cccc(F)c2C(F)(F)F)c2cccc(C)c12. The van der Waals surface area contributed by atoms with Gasteiger partial charge < -0.3 is 10.2 Å². The van der Waals surface area contributed by atoms with Crippen molar-refractivity contribution in [1.82, 2.24) is 4.90 Å². The molecule has 0 saturated heterocycles. The fraction of sp³-hybridized carbons (Fsp3) is 0.227. The van der Waals surface area contributed by atoms with Crippen molar-refractivity contribution in [2.75, 3.05) is 18.9 Å². The summed E-state index contributed by atoms with van der Waals surface area (Å²) in [7, 11) is 1.68. The van der Waals surface area contributed by atoms with Crippen LogP contribution in [0.2, 0.25) is 0 Å². The lowest BCUT2D eigenvalue weighted by Crippen LogP contribution is -2.26. The molecule has 0 unspecified atom stereocenters. The van der Waals surface area contributed by atoms with Crippen molar-refractivity contribution in [3.8, 4) is 0 Å². The van der Waals surface area contributed by atoms with E-state index >= 15 is 0 Å². The summed E-state index contributed by atoms with van der Waals surface area (Å²) >= 11 is 0. The lowest BCUT2D eigenvalue weighted by Gasteiger charge is -2.20. The summed E-state index contributed by atoms with van der Waals surface area (Å²) in [5.74, 6) is -1.53. The van der Waals surface area contributed by atoms with Gasteiger partial charge in [-0.2, -0.15) is 13.2 Å². The highest BCUT2D eigenvalue weighted by atomic mass is 19.4. The molecule has 0 heterocycles. The zero-order chi connectivity index (χ0) is 21.3. The number of rotatable bonds is 4. The first-order chi connectivity index (χ1) is 13.6. The van der Waals surface area contributed by atoms with Crippen LogP contribution in [-0.4, -0.2) is 24.4 Å². The smallest absolute Gasteiger partial charge is 0.354 e. The summed E-state index contributed by atoms with van der Waals surface area (Å²) in [6, 6.07) is 11.6. The van der Waals surface area contributed by atoms with Crippen molar-refractivity contribution in [2.45, 2.75) is 20.0 Å². The van der Waals surface area contributed by atoms with E-state index in [0.29, 0.717) is 28.6 Å². The summed E-state index contributed by atoms with van der Waals surface area (Å²) in [6.07, 6.45) is -4.85. The Morgan fingerprint density at radius 2 is 1.72 bits per heavy atom. The molecule has 0 atom stereocenters. The lowest BCUT2D eigenvalue weighted by molar-refractivity contribution is -0.139. The van der Waals surface area contributed by atoms with Gasteiger partial charge in [0.05, 0.1) is 5.69 Å². The molecule has 0 aliphatic rings. The standard InChI is InChI=1S/C22H20F4N2O/c1-4-28(3)21(29)15-11-12-17(14-8-5-7-13(2)19(14)15)27-18-10-6-9-16(23)20(18)22(24,25)26/h5-12,27H,4H2,1-3H3. The summed E-state index contributed by atoms with van der Waals surface area (Å²) in [6.45, 7) is 4.20. The molecule has 0 aliphatic heterocycles. The van der Waals surface area contributed by atoms with Gasteiger partial charge in [-0.15, -0.1) is 0 Å². The highest BCUT2D eigenvalue weighted by Crippen LogP contribution is 2.39. The predicted molar refractivity (Wildman–Crippen MR) is 106 cm³/mol. The van der Waals surface area contributed by atoms with Crippen LogP contribution >= 0.6 is 0 Å². The van der Waals surface area contributed by atoms with Crippen LogP contribution in [0.5, 0.6) is 0 Å². The molecular formula is C22H20F4N2O. The van der Waals surface area contributed by atoms with Gasteiger partial charge in [0, 0.05) is 30.2 Å². The van der Waals surface area contributed by atoms with Crippen LogP contribution in [-0.2, 0) is 6.18 Å². The molecule has 0 radical (unpaired) electrons. The van der Waals surface area contributed by atoms with E-state index in [1.54, 1.807) is 36.2 Å². The van der Waals surface area contributed by atoms with Crippen molar-refractivity contribution in [3.05, 3.63) is 71.0 Å². The Kier molecular flexibility index (Phi) is 5.50. The summed E-state index contributed by atoms with van der Waals surface area (Å²) < 4.78 is 54.0. The number of halogens is 4. The molecule has 7 heteroatoms. The van der Waals surface area contributed by atoms with E-state index in [4.69, 9.17) is 0 Å². The highest BCUT2D eigenvalue weighted by Gasteiger charge is 2.37. The van der Waals surface area contributed by atoms with E-state index in [-0.39, 0.29) is 11.6 Å². The molecule has 3 nitrogen and oxygen atoms in total. The Bertz CT molecular complexity index is 1080. The maximum atomic E-state index is 13.9. The molecule has 3 rings (SSSR count). The number of benzene rings is 3. The summed E-state index contributed by atoms with van der Waals surface area (Å²) in [4.78, 5) is 14.3. The quantitative estimate of drug-likeness (QED) is 0.530. The lowest BCUT2D eigenvalue weighted by atomic mass is 9.97. The van der Waals surface area contributed by atoms with Crippen molar-refractivity contribution in [1.29, 1.82) is 0 Å². The number of amides is 1. The fourth-order valence-electron chi connectivity index (χ4n) is 3.29. The topological polar surface area (TPSA) is 32.3 Å². The maximum Gasteiger partial charge on any atom is 0.421 e. The second kappa shape index (κ2) is 7.73.